The third-order valence-corrected chi connectivity index (χ3v) is 4.40. The number of rotatable bonds is 3. The Morgan fingerprint density at radius 2 is 2.47 bits per heavy atom. The van der Waals surface area contributed by atoms with E-state index < -0.39 is 0 Å². The molecule has 19 heavy (non-hydrogen) atoms. The summed E-state index contributed by atoms with van der Waals surface area (Å²) in [7, 11) is 0. The fourth-order valence-corrected chi connectivity index (χ4v) is 3.37. The standard InChI is InChI=1S/C13H20N6/c1-2-15-13(9-14)4-3-11(7-13)18-5-6-19-10-16-17-12(19)8-18/h10-11,15H,2-8H2,1H3. The normalized spacial score (nSPS) is 31.1. The smallest absolute Gasteiger partial charge is 0.147 e. The Bertz CT molecular complexity index is 490. The number of hydrogen-bond donors (Lipinski definition) is 1. The molecule has 1 aromatic heterocycles. The first-order valence-corrected chi connectivity index (χ1v) is 7.03. The summed E-state index contributed by atoms with van der Waals surface area (Å²) in [6.45, 7) is 5.77. The van der Waals surface area contributed by atoms with Crippen molar-refractivity contribution in [2.75, 3.05) is 13.1 Å². The first-order chi connectivity index (χ1) is 9.26. The lowest BCUT2D eigenvalue weighted by Gasteiger charge is -2.33. The van der Waals surface area contributed by atoms with Crippen molar-refractivity contribution >= 4 is 0 Å². The Hall–Kier alpha value is -1.45. The van der Waals surface area contributed by atoms with Crippen LogP contribution in [0.1, 0.15) is 32.0 Å². The van der Waals surface area contributed by atoms with Crippen LogP contribution in [0.25, 0.3) is 0 Å². The zero-order chi connectivity index (χ0) is 13.3. The predicted molar refractivity (Wildman–Crippen MR) is 70.1 cm³/mol. The van der Waals surface area contributed by atoms with Gasteiger partial charge in [-0.15, -0.1) is 10.2 Å². The molecule has 102 valence electrons. The van der Waals surface area contributed by atoms with E-state index in [9.17, 15) is 5.26 Å². The van der Waals surface area contributed by atoms with Crippen molar-refractivity contribution in [1.82, 2.24) is 25.0 Å². The van der Waals surface area contributed by atoms with Crippen LogP contribution in [-0.4, -0.2) is 44.3 Å². The Labute approximate surface area is 113 Å². The number of fused-ring (bicyclic) bond motifs is 1. The van der Waals surface area contributed by atoms with Crippen LogP contribution in [0.15, 0.2) is 6.33 Å². The highest BCUT2D eigenvalue weighted by atomic mass is 15.3. The van der Waals surface area contributed by atoms with Gasteiger partial charge in [-0.1, -0.05) is 6.92 Å². The summed E-state index contributed by atoms with van der Waals surface area (Å²) in [4.78, 5) is 2.46. The average Bonchev–Trinajstić information content (AvgIpc) is 3.05. The largest absolute Gasteiger partial charge is 0.315 e. The van der Waals surface area contributed by atoms with E-state index in [-0.39, 0.29) is 5.54 Å². The summed E-state index contributed by atoms with van der Waals surface area (Å²) >= 11 is 0. The SMILES string of the molecule is CCNC1(C#N)CCC(N2CCn3cnnc3C2)C1. The summed E-state index contributed by atoms with van der Waals surface area (Å²) in [5, 5.41) is 20.9. The molecule has 0 aromatic carbocycles. The van der Waals surface area contributed by atoms with Crippen LogP contribution in [0, 0.1) is 11.3 Å². The molecule has 1 saturated carbocycles. The molecule has 1 N–H and O–H groups in total. The third kappa shape index (κ3) is 2.24. The van der Waals surface area contributed by atoms with Crippen molar-refractivity contribution in [3.05, 3.63) is 12.2 Å². The van der Waals surface area contributed by atoms with Gasteiger partial charge >= 0.3 is 0 Å². The first kappa shape index (κ1) is 12.6. The number of hydrogen-bond acceptors (Lipinski definition) is 5. The fraction of sp³-hybridized carbons (Fsp3) is 0.769. The quantitative estimate of drug-likeness (QED) is 0.858. The van der Waals surface area contributed by atoms with Gasteiger partial charge in [0.25, 0.3) is 0 Å². The van der Waals surface area contributed by atoms with E-state index >= 15 is 0 Å². The van der Waals surface area contributed by atoms with Crippen molar-refractivity contribution in [3.63, 3.8) is 0 Å². The maximum Gasteiger partial charge on any atom is 0.147 e. The molecule has 6 heteroatoms. The molecule has 6 nitrogen and oxygen atoms in total. The average molecular weight is 260 g/mol. The zero-order valence-electron chi connectivity index (χ0n) is 11.3. The van der Waals surface area contributed by atoms with Crippen molar-refractivity contribution in [3.8, 4) is 6.07 Å². The summed E-state index contributed by atoms with van der Waals surface area (Å²) in [6.07, 6.45) is 4.77. The van der Waals surface area contributed by atoms with Crippen LogP contribution in [0.3, 0.4) is 0 Å². The number of aromatic nitrogens is 3. The lowest BCUT2D eigenvalue weighted by atomic mass is 9.99. The second-order valence-corrected chi connectivity index (χ2v) is 5.53. The second kappa shape index (κ2) is 4.91. The lowest BCUT2D eigenvalue weighted by Crippen LogP contribution is -2.45. The number of nitrogens with one attached hydrogen (secondary N) is 1. The topological polar surface area (TPSA) is 69.8 Å². The minimum Gasteiger partial charge on any atom is -0.315 e. The van der Waals surface area contributed by atoms with Gasteiger partial charge in [-0.05, 0) is 25.8 Å². The van der Waals surface area contributed by atoms with Gasteiger partial charge in [-0.25, -0.2) is 0 Å². The van der Waals surface area contributed by atoms with E-state index in [0.29, 0.717) is 6.04 Å². The van der Waals surface area contributed by atoms with Gasteiger partial charge in [0.05, 0.1) is 12.6 Å². The van der Waals surface area contributed by atoms with Crippen molar-refractivity contribution in [2.45, 2.75) is 50.9 Å². The van der Waals surface area contributed by atoms with E-state index in [1.165, 1.54) is 0 Å². The van der Waals surface area contributed by atoms with Gasteiger partial charge in [-0.3, -0.25) is 10.2 Å². The predicted octanol–water partition coefficient (Wildman–Crippen LogP) is 0.518. The van der Waals surface area contributed by atoms with Crippen LogP contribution in [0.2, 0.25) is 0 Å². The molecule has 2 unspecified atom stereocenters. The lowest BCUT2D eigenvalue weighted by molar-refractivity contribution is 0.150. The molecule has 0 bridgehead atoms. The molecule has 0 radical (unpaired) electrons. The molecule has 0 spiro atoms. The van der Waals surface area contributed by atoms with E-state index in [0.717, 1.165) is 51.3 Å². The van der Waals surface area contributed by atoms with Gasteiger partial charge in [0.15, 0.2) is 0 Å². The minimum absolute atomic E-state index is 0.315. The van der Waals surface area contributed by atoms with Gasteiger partial charge in [0, 0.05) is 19.1 Å². The maximum absolute atomic E-state index is 9.43. The van der Waals surface area contributed by atoms with Crippen molar-refractivity contribution in [1.29, 1.82) is 5.26 Å². The van der Waals surface area contributed by atoms with Gasteiger partial charge in [-0.2, -0.15) is 5.26 Å². The highest BCUT2D eigenvalue weighted by molar-refractivity contribution is 5.13. The van der Waals surface area contributed by atoms with Crippen molar-refractivity contribution < 1.29 is 0 Å². The number of nitrogens with zero attached hydrogens (tertiary/aromatic N) is 5. The molecule has 0 saturated heterocycles. The van der Waals surface area contributed by atoms with Gasteiger partial charge in [0.1, 0.15) is 17.7 Å². The maximum atomic E-state index is 9.43. The van der Waals surface area contributed by atoms with Crippen LogP contribution in [-0.2, 0) is 13.1 Å². The Morgan fingerprint density at radius 1 is 1.58 bits per heavy atom. The summed E-state index contributed by atoms with van der Waals surface area (Å²) < 4.78 is 2.12. The highest BCUT2D eigenvalue weighted by Crippen LogP contribution is 2.33. The van der Waals surface area contributed by atoms with Gasteiger partial charge in [0.2, 0.25) is 0 Å². The molecule has 2 heterocycles. The van der Waals surface area contributed by atoms with E-state index in [1.54, 1.807) is 6.33 Å². The molecular formula is C13H20N6. The van der Waals surface area contributed by atoms with Crippen LogP contribution >= 0.6 is 0 Å². The zero-order valence-corrected chi connectivity index (χ0v) is 11.3. The second-order valence-electron chi connectivity index (χ2n) is 5.53. The molecule has 1 aliphatic carbocycles. The Kier molecular flexibility index (Phi) is 3.25. The number of nitriles is 1. The summed E-state index contributed by atoms with van der Waals surface area (Å²) in [5.74, 6) is 1.05. The monoisotopic (exact) mass is 260 g/mol. The van der Waals surface area contributed by atoms with Crippen LogP contribution in [0.5, 0.6) is 0 Å². The van der Waals surface area contributed by atoms with Crippen molar-refractivity contribution in [2.24, 2.45) is 0 Å². The Balaban J connectivity index is 1.68. The summed E-state index contributed by atoms with van der Waals surface area (Å²) in [6, 6.07) is 2.98. The third-order valence-electron chi connectivity index (χ3n) is 4.40. The molecule has 3 rings (SSSR count). The molecular weight excluding hydrogens is 240 g/mol. The molecule has 2 aliphatic rings. The Morgan fingerprint density at radius 3 is 3.26 bits per heavy atom. The van der Waals surface area contributed by atoms with E-state index in [2.05, 4.69) is 38.0 Å². The first-order valence-electron chi connectivity index (χ1n) is 7.03. The van der Waals surface area contributed by atoms with E-state index in [4.69, 9.17) is 0 Å². The molecule has 1 aliphatic heterocycles. The molecule has 2 atom stereocenters. The molecule has 1 fully saturated rings. The molecule has 0 amide bonds. The van der Waals surface area contributed by atoms with Gasteiger partial charge < -0.3 is 4.57 Å². The van der Waals surface area contributed by atoms with Crippen LogP contribution < -0.4 is 5.32 Å². The molecule has 1 aromatic rings. The fourth-order valence-electron chi connectivity index (χ4n) is 3.37. The van der Waals surface area contributed by atoms with Crippen LogP contribution in [0.4, 0.5) is 0 Å². The summed E-state index contributed by atoms with van der Waals surface area (Å²) in [5.41, 5.74) is -0.315. The van der Waals surface area contributed by atoms with E-state index in [1.807, 2.05) is 0 Å². The minimum atomic E-state index is -0.315. The highest BCUT2D eigenvalue weighted by Gasteiger charge is 2.41.